The highest BCUT2D eigenvalue weighted by Crippen LogP contribution is 2.38. The van der Waals surface area contributed by atoms with Gasteiger partial charge >= 0.3 is 0 Å². The van der Waals surface area contributed by atoms with Crippen molar-refractivity contribution in [1.82, 2.24) is 5.32 Å². The van der Waals surface area contributed by atoms with Gasteiger partial charge in [0.15, 0.2) is 0 Å². The first-order valence-corrected chi connectivity index (χ1v) is 6.21. The third-order valence-electron chi connectivity index (χ3n) is 3.53. The van der Waals surface area contributed by atoms with Gasteiger partial charge in [-0.25, -0.2) is 4.39 Å². The fourth-order valence-corrected chi connectivity index (χ4v) is 2.38. The molecule has 1 aromatic rings. The van der Waals surface area contributed by atoms with Crippen LogP contribution in [0.1, 0.15) is 37.7 Å². The number of halogens is 1. The van der Waals surface area contributed by atoms with Crippen LogP contribution in [-0.4, -0.2) is 12.1 Å². The van der Waals surface area contributed by atoms with Crippen LogP contribution in [-0.2, 0) is 0 Å². The number of hydrogen-bond donors (Lipinski definition) is 1. The summed E-state index contributed by atoms with van der Waals surface area (Å²) in [5.41, 5.74) is 0.847. The van der Waals surface area contributed by atoms with Crippen molar-refractivity contribution in [2.24, 2.45) is 0 Å². The van der Waals surface area contributed by atoms with Crippen LogP contribution in [0.2, 0.25) is 0 Å². The lowest BCUT2D eigenvalue weighted by Gasteiger charge is -2.37. The predicted octanol–water partition coefficient (Wildman–Crippen LogP) is 3.07. The van der Waals surface area contributed by atoms with E-state index in [-0.39, 0.29) is 11.9 Å². The summed E-state index contributed by atoms with van der Waals surface area (Å²) in [4.78, 5) is 0. The van der Waals surface area contributed by atoms with Gasteiger partial charge in [-0.3, -0.25) is 0 Å². The molecule has 0 aliphatic heterocycles. The Morgan fingerprint density at radius 3 is 2.76 bits per heavy atom. The topological polar surface area (TPSA) is 12.0 Å². The molecule has 1 nitrogen and oxygen atoms in total. The van der Waals surface area contributed by atoms with E-state index < -0.39 is 0 Å². The van der Waals surface area contributed by atoms with Crippen molar-refractivity contribution in [3.8, 4) is 12.3 Å². The average Bonchev–Trinajstić information content (AvgIpc) is 2.30. The Labute approximate surface area is 102 Å². The second-order valence-corrected chi connectivity index (χ2v) is 4.68. The first-order valence-electron chi connectivity index (χ1n) is 6.21. The van der Waals surface area contributed by atoms with Crippen LogP contribution in [0.3, 0.4) is 0 Å². The monoisotopic (exact) mass is 231 g/mol. The maximum absolute atomic E-state index is 13.5. The molecule has 1 saturated carbocycles. The summed E-state index contributed by atoms with van der Waals surface area (Å²) in [7, 11) is 0. The normalized spacial score (nSPS) is 24.8. The molecule has 1 aliphatic rings. The molecule has 1 unspecified atom stereocenters. The summed E-state index contributed by atoms with van der Waals surface area (Å²) in [5.74, 6) is 3.00. The van der Waals surface area contributed by atoms with Crippen molar-refractivity contribution in [3.63, 3.8) is 0 Å². The molecule has 0 spiro atoms. The SMILES string of the molecule is C#CC(CC)NC1CC(c2ccccc2F)C1. The van der Waals surface area contributed by atoms with E-state index >= 15 is 0 Å². The fourth-order valence-electron chi connectivity index (χ4n) is 2.38. The molecule has 0 bridgehead atoms. The van der Waals surface area contributed by atoms with Gasteiger partial charge in [0, 0.05) is 6.04 Å². The molecule has 0 heterocycles. The molecule has 0 amide bonds. The first kappa shape index (κ1) is 12.1. The molecule has 0 aromatic heterocycles. The Kier molecular flexibility index (Phi) is 3.81. The molecule has 1 aliphatic carbocycles. The van der Waals surface area contributed by atoms with Crippen molar-refractivity contribution in [3.05, 3.63) is 35.6 Å². The van der Waals surface area contributed by atoms with E-state index in [1.54, 1.807) is 6.07 Å². The number of benzene rings is 1. The Morgan fingerprint density at radius 2 is 2.18 bits per heavy atom. The van der Waals surface area contributed by atoms with Gasteiger partial charge in [0.25, 0.3) is 0 Å². The predicted molar refractivity (Wildman–Crippen MR) is 68.2 cm³/mol. The highest BCUT2D eigenvalue weighted by Gasteiger charge is 2.32. The summed E-state index contributed by atoms with van der Waals surface area (Å²) in [6.45, 7) is 2.07. The van der Waals surface area contributed by atoms with Crippen molar-refractivity contribution < 1.29 is 4.39 Å². The maximum atomic E-state index is 13.5. The number of hydrogen-bond acceptors (Lipinski definition) is 1. The lowest BCUT2D eigenvalue weighted by atomic mass is 9.75. The molecule has 1 fully saturated rings. The molecular formula is C15H18FN. The molecule has 2 rings (SSSR count). The van der Waals surface area contributed by atoms with Crippen LogP contribution in [0.15, 0.2) is 24.3 Å². The van der Waals surface area contributed by atoms with Crippen molar-refractivity contribution in [2.75, 3.05) is 0 Å². The quantitative estimate of drug-likeness (QED) is 0.785. The molecule has 1 N–H and O–H groups in total. The maximum Gasteiger partial charge on any atom is 0.126 e. The van der Waals surface area contributed by atoms with Gasteiger partial charge in [0.1, 0.15) is 5.82 Å². The van der Waals surface area contributed by atoms with Crippen molar-refractivity contribution in [1.29, 1.82) is 0 Å². The Morgan fingerprint density at radius 1 is 1.47 bits per heavy atom. The largest absolute Gasteiger partial charge is 0.301 e. The van der Waals surface area contributed by atoms with Crippen LogP contribution >= 0.6 is 0 Å². The summed E-state index contributed by atoms with van der Waals surface area (Å²) in [5, 5.41) is 3.41. The molecule has 1 atom stereocenters. The summed E-state index contributed by atoms with van der Waals surface area (Å²) < 4.78 is 13.5. The molecule has 90 valence electrons. The molecule has 0 saturated heterocycles. The molecule has 1 aromatic carbocycles. The second kappa shape index (κ2) is 5.33. The highest BCUT2D eigenvalue weighted by atomic mass is 19.1. The number of terminal acetylenes is 1. The van der Waals surface area contributed by atoms with Gasteiger partial charge in [0.05, 0.1) is 6.04 Å². The molecule has 0 radical (unpaired) electrons. The average molecular weight is 231 g/mol. The van der Waals surface area contributed by atoms with E-state index in [9.17, 15) is 4.39 Å². The summed E-state index contributed by atoms with van der Waals surface area (Å²) in [6.07, 6.45) is 8.32. The highest BCUT2D eigenvalue weighted by molar-refractivity contribution is 5.25. The van der Waals surface area contributed by atoms with Crippen LogP contribution in [0, 0.1) is 18.2 Å². The van der Waals surface area contributed by atoms with Gasteiger partial charge in [0.2, 0.25) is 0 Å². The Bertz CT molecular complexity index is 415. The molecule has 2 heteroatoms. The first-order chi connectivity index (χ1) is 8.24. The Balaban J connectivity index is 1.87. The smallest absolute Gasteiger partial charge is 0.126 e. The van der Waals surface area contributed by atoms with Gasteiger partial charge in [-0.1, -0.05) is 31.0 Å². The van der Waals surface area contributed by atoms with E-state index in [2.05, 4.69) is 18.2 Å². The van der Waals surface area contributed by atoms with Gasteiger partial charge in [-0.2, -0.15) is 0 Å². The second-order valence-electron chi connectivity index (χ2n) is 4.68. The third kappa shape index (κ3) is 2.68. The number of nitrogens with one attached hydrogen (secondary N) is 1. The fraction of sp³-hybridized carbons (Fsp3) is 0.467. The van der Waals surface area contributed by atoms with Crippen LogP contribution in [0.25, 0.3) is 0 Å². The van der Waals surface area contributed by atoms with E-state index in [1.165, 1.54) is 6.07 Å². The van der Waals surface area contributed by atoms with Gasteiger partial charge < -0.3 is 5.32 Å². The molecular weight excluding hydrogens is 213 g/mol. The summed E-state index contributed by atoms with van der Waals surface area (Å²) >= 11 is 0. The Hall–Kier alpha value is -1.33. The van der Waals surface area contributed by atoms with Gasteiger partial charge in [-0.05, 0) is 36.8 Å². The van der Waals surface area contributed by atoms with Crippen molar-refractivity contribution in [2.45, 2.75) is 44.2 Å². The molecule has 17 heavy (non-hydrogen) atoms. The zero-order valence-electron chi connectivity index (χ0n) is 10.1. The lowest BCUT2D eigenvalue weighted by molar-refractivity contribution is 0.273. The minimum Gasteiger partial charge on any atom is -0.301 e. The van der Waals surface area contributed by atoms with E-state index in [0.29, 0.717) is 12.0 Å². The van der Waals surface area contributed by atoms with E-state index in [0.717, 1.165) is 24.8 Å². The minimum absolute atomic E-state index is 0.0834. The number of rotatable bonds is 4. The standard InChI is InChI=1S/C15H18FN/c1-3-12(4-2)17-13-9-11(10-13)14-7-5-6-8-15(14)16/h1,5-8,11-13,17H,4,9-10H2,2H3. The van der Waals surface area contributed by atoms with Crippen LogP contribution in [0.4, 0.5) is 4.39 Å². The van der Waals surface area contributed by atoms with Crippen molar-refractivity contribution >= 4 is 0 Å². The van der Waals surface area contributed by atoms with Crippen LogP contribution in [0.5, 0.6) is 0 Å². The third-order valence-corrected chi connectivity index (χ3v) is 3.53. The lowest BCUT2D eigenvalue weighted by Crippen LogP contribution is -2.45. The van der Waals surface area contributed by atoms with E-state index in [1.807, 2.05) is 12.1 Å². The van der Waals surface area contributed by atoms with Crippen LogP contribution < -0.4 is 5.32 Å². The zero-order valence-corrected chi connectivity index (χ0v) is 10.1. The van der Waals surface area contributed by atoms with Gasteiger partial charge in [-0.15, -0.1) is 6.42 Å². The minimum atomic E-state index is -0.0834. The van der Waals surface area contributed by atoms with E-state index in [4.69, 9.17) is 6.42 Å². The summed E-state index contributed by atoms with van der Waals surface area (Å²) in [6, 6.07) is 7.65. The zero-order chi connectivity index (χ0) is 12.3.